The average Bonchev–Trinajstić information content (AvgIpc) is 2.69. The highest BCUT2D eigenvalue weighted by atomic mass is 35.5. The summed E-state index contributed by atoms with van der Waals surface area (Å²) in [6, 6.07) is 14.6. The molecule has 7 heteroatoms. The molecule has 0 aliphatic heterocycles. The van der Waals surface area contributed by atoms with Crippen LogP contribution in [0, 0.1) is 6.92 Å². The summed E-state index contributed by atoms with van der Waals surface area (Å²) in [6.45, 7) is 2.34. The van der Waals surface area contributed by atoms with E-state index in [4.69, 9.17) is 16.3 Å². The summed E-state index contributed by atoms with van der Waals surface area (Å²) in [7, 11) is 1.61. The van der Waals surface area contributed by atoms with Crippen LogP contribution in [0.15, 0.2) is 54.9 Å². The first-order valence-electron chi connectivity index (χ1n) is 8.31. The predicted molar refractivity (Wildman–Crippen MR) is 106 cm³/mol. The predicted octanol–water partition coefficient (Wildman–Crippen LogP) is 4.12. The molecule has 0 saturated heterocycles. The molecule has 0 radical (unpaired) electrons. The fraction of sp³-hybridized carbons (Fsp3) is 0.150. The van der Waals surface area contributed by atoms with Crippen molar-refractivity contribution in [1.82, 2.24) is 15.3 Å². The summed E-state index contributed by atoms with van der Waals surface area (Å²) in [5.74, 6) is 1.03. The van der Waals surface area contributed by atoms with Crippen LogP contribution in [0.1, 0.15) is 21.6 Å². The minimum Gasteiger partial charge on any atom is -0.497 e. The van der Waals surface area contributed by atoms with E-state index >= 15 is 0 Å². The third kappa shape index (κ3) is 4.95. The lowest BCUT2D eigenvalue weighted by Crippen LogP contribution is -2.24. The van der Waals surface area contributed by atoms with Crippen molar-refractivity contribution < 1.29 is 9.53 Å². The van der Waals surface area contributed by atoms with Crippen LogP contribution in [-0.2, 0) is 6.54 Å². The van der Waals surface area contributed by atoms with Gasteiger partial charge in [0.2, 0.25) is 0 Å². The van der Waals surface area contributed by atoms with Crippen molar-refractivity contribution in [3.05, 3.63) is 76.7 Å². The minimum absolute atomic E-state index is 0.274. The molecule has 1 heterocycles. The second-order valence-electron chi connectivity index (χ2n) is 5.90. The van der Waals surface area contributed by atoms with Gasteiger partial charge in [-0.15, -0.1) is 0 Å². The molecule has 0 bridgehead atoms. The molecule has 0 fully saturated rings. The Morgan fingerprint density at radius 1 is 1.11 bits per heavy atom. The summed E-state index contributed by atoms with van der Waals surface area (Å²) in [6.07, 6.45) is 1.36. The standard InChI is InChI=1S/C20H19ClN4O2/c1-13-9-15(21)5-8-17(13)25-19-10-18(23-12-24-19)20(26)22-11-14-3-6-16(27-2)7-4-14/h3-10,12H,11H2,1-2H3,(H,22,26)(H,23,24,25). The molecule has 2 aromatic carbocycles. The highest BCUT2D eigenvalue weighted by Crippen LogP contribution is 2.22. The molecule has 138 valence electrons. The maximum absolute atomic E-state index is 12.4. The molecular formula is C20H19ClN4O2. The van der Waals surface area contributed by atoms with E-state index < -0.39 is 0 Å². The number of aryl methyl sites for hydroxylation is 1. The van der Waals surface area contributed by atoms with Gasteiger partial charge in [-0.25, -0.2) is 9.97 Å². The van der Waals surface area contributed by atoms with Crippen LogP contribution in [0.5, 0.6) is 5.75 Å². The number of carbonyl (C=O) groups excluding carboxylic acids is 1. The topological polar surface area (TPSA) is 76.1 Å². The highest BCUT2D eigenvalue weighted by Gasteiger charge is 2.09. The normalized spacial score (nSPS) is 10.3. The minimum atomic E-state index is -0.274. The summed E-state index contributed by atoms with van der Waals surface area (Å²) in [4.78, 5) is 20.6. The van der Waals surface area contributed by atoms with Crippen LogP contribution in [0.25, 0.3) is 0 Å². The number of hydrogen-bond donors (Lipinski definition) is 2. The lowest BCUT2D eigenvalue weighted by molar-refractivity contribution is 0.0946. The van der Waals surface area contributed by atoms with Gasteiger partial charge >= 0.3 is 0 Å². The van der Waals surface area contributed by atoms with Gasteiger partial charge in [0.05, 0.1) is 7.11 Å². The quantitative estimate of drug-likeness (QED) is 0.670. The largest absolute Gasteiger partial charge is 0.497 e. The molecular weight excluding hydrogens is 364 g/mol. The van der Waals surface area contributed by atoms with Gasteiger partial charge in [0.25, 0.3) is 5.91 Å². The van der Waals surface area contributed by atoms with E-state index in [0.717, 1.165) is 22.6 Å². The first kappa shape index (κ1) is 18.7. The number of anilines is 2. The van der Waals surface area contributed by atoms with Crippen molar-refractivity contribution in [2.75, 3.05) is 12.4 Å². The molecule has 2 N–H and O–H groups in total. The van der Waals surface area contributed by atoms with Crippen molar-refractivity contribution in [3.63, 3.8) is 0 Å². The van der Waals surface area contributed by atoms with E-state index in [1.807, 2.05) is 43.3 Å². The first-order valence-corrected chi connectivity index (χ1v) is 8.69. The molecule has 0 unspecified atom stereocenters. The van der Waals surface area contributed by atoms with Crippen molar-refractivity contribution in [3.8, 4) is 5.75 Å². The number of ether oxygens (including phenoxy) is 1. The Balaban J connectivity index is 1.65. The van der Waals surface area contributed by atoms with Gasteiger partial charge in [-0.2, -0.15) is 0 Å². The van der Waals surface area contributed by atoms with Crippen LogP contribution in [0.2, 0.25) is 5.02 Å². The SMILES string of the molecule is COc1ccc(CNC(=O)c2cc(Nc3ccc(Cl)cc3C)ncn2)cc1. The Hall–Kier alpha value is -3.12. The summed E-state index contributed by atoms with van der Waals surface area (Å²) >= 11 is 5.98. The zero-order chi connectivity index (χ0) is 19.2. The van der Waals surface area contributed by atoms with E-state index in [-0.39, 0.29) is 11.6 Å². The van der Waals surface area contributed by atoms with Crippen molar-refractivity contribution in [2.24, 2.45) is 0 Å². The number of hydrogen-bond acceptors (Lipinski definition) is 5. The Morgan fingerprint density at radius 3 is 2.59 bits per heavy atom. The van der Waals surface area contributed by atoms with Crippen LogP contribution >= 0.6 is 11.6 Å². The number of amides is 1. The number of aromatic nitrogens is 2. The van der Waals surface area contributed by atoms with E-state index in [9.17, 15) is 4.79 Å². The Labute approximate surface area is 162 Å². The maximum atomic E-state index is 12.4. The summed E-state index contributed by atoms with van der Waals surface area (Å²) in [5.41, 5.74) is 3.09. The molecule has 0 atom stereocenters. The molecule has 0 spiro atoms. The molecule has 0 saturated carbocycles. The molecule has 1 amide bonds. The second kappa shape index (κ2) is 8.51. The Morgan fingerprint density at radius 2 is 1.89 bits per heavy atom. The summed E-state index contributed by atoms with van der Waals surface area (Å²) < 4.78 is 5.12. The fourth-order valence-corrected chi connectivity index (χ4v) is 2.70. The van der Waals surface area contributed by atoms with E-state index in [1.165, 1.54) is 6.33 Å². The van der Waals surface area contributed by atoms with E-state index in [1.54, 1.807) is 19.2 Å². The van der Waals surface area contributed by atoms with Crippen LogP contribution in [0.3, 0.4) is 0 Å². The average molecular weight is 383 g/mol. The zero-order valence-corrected chi connectivity index (χ0v) is 15.7. The van der Waals surface area contributed by atoms with Gasteiger partial charge in [0.15, 0.2) is 0 Å². The van der Waals surface area contributed by atoms with Crippen molar-refractivity contribution >= 4 is 29.0 Å². The molecule has 3 rings (SSSR count). The van der Waals surface area contributed by atoms with Crippen LogP contribution in [-0.4, -0.2) is 23.0 Å². The third-order valence-electron chi connectivity index (χ3n) is 3.96. The number of benzene rings is 2. The number of halogens is 1. The van der Waals surface area contributed by atoms with Crippen molar-refractivity contribution in [2.45, 2.75) is 13.5 Å². The Kier molecular flexibility index (Phi) is 5.88. The second-order valence-corrected chi connectivity index (χ2v) is 6.34. The number of nitrogens with one attached hydrogen (secondary N) is 2. The van der Waals surface area contributed by atoms with E-state index in [0.29, 0.717) is 17.4 Å². The number of methoxy groups -OCH3 is 1. The molecule has 27 heavy (non-hydrogen) atoms. The summed E-state index contributed by atoms with van der Waals surface area (Å²) in [5, 5.41) is 6.69. The van der Waals surface area contributed by atoms with Gasteiger partial charge in [-0.05, 0) is 48.4 Å². The van der Waals surface area contributed by atoms with Gasteiger partial charge in [-0.3, -0.25) is 4.79 Å². The molecule has 0 aliphatic rings. The van der Waals surface area contributed by atoms with Crippen LogP contribution in [0.4, 0.5) is 11.5 Å². The number of nitrogens with zero attached hydrogens (tertiary/aromatic N) is 2. The Bertz CT molecular complexity index is 945. The number of carbonyl (C=O) groups is 1. The smallest absolute Gasteiger partial charge is 0.270 e. The highest BCUT2D eigenvalue weighted by molar-refractivity contribution is 6.30. The maximum Gasteiger partial charge on any atom is 0.270 e. The van der Waals surface area contributed by atoms with Gasteiger partial charge in [0.1, 0.15) is 23.6 Å². The lowest BCUT2D eigenvalue weighted by Gasteiger charge is -2.10. The molecule has 3 aromatic rings. The van der Waals surface area contributed by atoms with Gasteiger partial charge < -0.3 is 15.4 Å². The number of rotatable bonds is 6. The first-order chi connectivity index (χ1) is 13.0. The fourth-order valence-electron chi connectivity index (χ4n) is 2.47. The van der Waals surface area contributed by atoms with E-state index in [2.05, 4.69) is 20.6 Å². The van der Waals surface area contributed by atoms with Gasteiger partial charge in [-0.1, -0.05) is 23.7 Å². The zero-order valence-electron chi connectivity index (χ0n) is 15.0. The monoisotopic (exact) mass is 382 g/mol. The van der Waals surface area contributed by atoms with Crippen LogP contribution < -0.4 is 15.4 Å². The van der Waals surface area contributed by atoms with Crippen molar-refractivity contribution in [1.29, 1.82) is 0 Å². The van der Waals surface area contributed by atoms with Gasteiger partial charge in [0, 0.05) is 23.3 Å². The molecule has 6 nitrogen and oxygen atoms in total. The molecule has 1 aromatic heterocycles. The molecule has 0 aliphatic carbocycles. The lowest BCUT2D eigenvalue weighted by atomic mass is 10.2. The third-order valence-corrected chi connectivity index (χ3v) is 4.20.